The second-order valence-electron chi connectivity index (χ2n) is 6.74. The number of hydrazine groups is 1. The predicted molar refractivity (Wildman–Crippen MR) is 105 cm³/mol. The Morgan fingerprint density at radius 1 is 0.885 bits per heavy atom. The van der Waals surface area contributed by atoms with Crippen LogP contribution in [0.5, 0.6) is 0 Å². The molecule has 2 aromatic carbocycles. The summed E-state index contributed by atoms with van der Waals surface area (Å²) in [7, 11) is 0. The molecule has 26 heavy (non-hydrogen) atoms. The van der Waals surface area contributed by atoms with Crippen molar-refractivity contribution in [2.75, 3.05) is 18.1 Å². The van der Waals surface area contributed by atoms with Crippen LogP contribution in [0.25, 0.3) is 10.9 Å². The van der Waals surface area contributed by atoms with Gasteiger partial charge in [-0.15, -0.1) is 0 Å². The number of pyridine rings is 1. The molecule has 4 heteroatoms. The van der Waals surface area contributed by atoms with Gasteiger partial charge in [0.15, 0.2) is 0 Å². The maximum atomic E-state index is 13.3. The lowest BCUT2D eigenvalue weighted by atomic mass is 10.2. The van der Waals surface area contributed by atoms with Crippen LogP contribution in [-0.2, 0) is 0 Å². The van der Waals surface area contributed by atoms with Crippen molar-refractivity contribution in [1.29, 1.82) is 0 Å². The molecule has 132 valence electrons. The maximum Gasteiger partial charge on any atom is 0.272 e. The minimum Gasteiger partial charge on any atom is -0.267 e. The number of nitrogens with zero attached hydrogens (tertiary/aromatic N) is 3. The number of carbonyl (C=O) groups excluding carboxylic acids is 1. The Hall–Kier alpha value is -2.72. The fourth-order valence-electron chi connectivity index (χ4n) is 3.54. The van der Waals surface area contributed by atoms with Gasteiger partial charge in [0.1, 0.15) is 0 Å². The Morgan fingerprint density at radius 2 is 1.58 bits per heavy atom. The average Bonchev–Trinajstić information content (AvgIpc) is 2.98. The fraction of sp³-hybridized carbons (Fsp3) is 0.273. The van der Waals surface area contributed by atoms with Gasteiger partial charge < -0.3 is 0 Å². The highest BCUT2D eigenvalue weighted by Crippen LogP contribution is 2.25. The van der Waals surface area contributed by atoms with Gasteiger partial charge in [-0.05, 0) is 37.1 Å². The van der Waals surface area contributed by atoms with Gasteiger partial charge in [0.25, 0.3) is 5.91 Å². The van der Waals surface area contributed by atoms with Gasteiger partial charge in [-0.1, -0.05) is 49.2 Å². The molecule has 1 aromatic heterocycles. The van der Waals surface area contributed by atoms with Gasteiger partial charge in [-0.25, -0.2) is 10.0 Å². The highest BCUT2D eigenvalue weighted by atomic mass is 16.2. The molecule has 0 unspecified atom stereocenters. The molecule has 4 nitrogen and oxygen atoms in total. The number of carbonyl (C=O) groups is 1. The molecule has 1 aliphatic rings. The van der Waals surface area contributed by atoms with Crippen molar-refractivity contribution in [1.82, 2.24) is 9.99 Å². The molecule has 1 saturated heterocycles. The van der Waals surface area contributed by atoms with Crippen LogP contribution >= 0.6 is 0 Å². The van der Waals surface area contributed by atoms with E-state index in [4.69, 9.17) is 0 Å². The number of fused-ring (bicyclic) bond motifs is 1. The zero-order chi connectivity index (χ0) is 17.8. The van der Waals surface area contributed by atoms with Crippen molar-refractivity contribution in [2.24, 2.45) is 0 Å². The van der Waals surface area contributed by atoms with E-state index in [1.165, 1.54) is 12.8 Å². The highest BCUT2D eigenvalue weighted by Gasteiger charge is 2.25. The SMILES string of the molecule is O=C(c1ccccc1)N(c1cnc2ccccc2c1)N1CCCCCC1. The number of rotatable bonds is 3. The van der Waals surface area contributed by atoms with E-state index < -0.39 is 0 Å². The van der Waals surface area contributed by atoms with Crippen molar-refractivity contribution in [2.45, 2.75) is 25.7 Å². The molecule has 3 aromatic rings. The summed E-state index contributed by atoms with van der Waals surface area (Å²) < 4.78 is 0. The van der Waals surface area contributed by atoms with Gasteiger partial charge in [0.05, 0.1) is 17.4 Å². The standard InChI is InChI=1S/C22H23N3O/c26-22(18-10-4-3-5-11-18)25(24-14-8-1-2-9-15-24)20-16-19-12-6-7-13-21(19)23-17-20/h3-7,10-13,16-17H,1-2,8-9,14-15H2. The lowest BCUT2D eigenvalue weighted by Crippen LogP contribution is -2.47. The summed E-state index contributed by atoms with van der Waals surface area (Å²) in [5.41, 5.74) is 2.48. The number of para-hydroxylation sites is 1. The van der Waals surface area contributed by atoms with Gasteiger partial charge in [0, 0.05) is 24.0 Å². The van der Waals surface area contributed by atoms with Crippen LogP contribution in [0.3, 0.4) is 0 Å². The first kappa shape index (κ1) is 16.7. The average molecular weight is 345 g/mol. The summed E-state index contributed by atoms with van der Waals surface area (Å²) in [6, 6.07) is 19.6. The highest BCUT2D eigenvalue weighted by molar-refractivity contribution is 6.06. The van der Waals surface area contributed by atoms with Crippen molar-refractivity contribution >= 4 is 22.5 Å². The quantitative estimate of drug-likeness (QED) is 0.692. The van der Waals surface area contributed by atoms with Crippen LogP contribution in [-0.4, -0.2) is 29.0 Å². The van der Waals surface area contributed by atoms with Gasteiger partial charge >= 0.3 is 0 Å². The Morgan fingerprint density at radius 3 is 2.35 bits per heavy atom. The maximum absolute atomic E-state index is 13.3. The van der Waals surface area contributed by atoms with E-state index in [2.05, 4.69) is 16.1 Å². The van der Waals surface area contributed by atoms with E-state index in [0.717, 1.165) is 42.5 Å². The first-order valence-electron chi connectivity index (χ1n) is 9.32. The van der Waals surface area contributed by atoms with Crippen LogP contribution in [0.15, 0.2) is 66.9 Å². The molecular weight excluding hydrogens is 322 g/mol. The van der Waals surface area contributed by atoms with Crippen molar-refractivity contribution in [3.8, 4) is 0 Å². The fourth-order valence-corrected chi connectivity index (χ4v) is 3.54. The molecule has 1 fully saturated rings. The summed E-state index contributed by atoms with van der Waals surface area (Å²) in [5.74, 6) is 0.00424. The van der Waals surface area contributed by atoms with Crippen LogP contribution < -0.4 is 5.01 Å². The molecule has 0 spiro atoms. The first-order valence-corrected chi connectivity index (χ1v) is 9.32. The minimum atomic E-state index is 0.00424. The third kappa shape index (κ3) is 3.46. The van der Waals surface area contributed by atoms with Gasteiger partial charge in [-0.2, -0.15) is 0 Å². The summed E-state index contributed by atoms with van der Waals surface area (Å²) >= 11 is 0. The third-order valence-corrected chi connectivity index (χ3v) is 4.90. The number of hydrogen-bond acceptors (Lipinski definition) is 3. The molecule has 0 atom stereocenters. The van der Waals surface area contributed by atoms with E-state index in [1.54, 1.807) is 0 Å². The van der Waals surface area contributed by atoms with Crippen LogP contribution in [0.2, 0.25) is 0 Å². The third-order valence-electron chi connectivity index (χ3n) is 4.90. The summed E-state index contributed by atoms with van der Waals surface area (Å²) in [5, 5.41) is 5.07. The summed E-state index contributed by atoms with van der Waals surface area (Å²) in [6.07, 6.45) is 6.48. The largest absolute Gasteiger partial charge is 0.272 e. The van der Waals surface area contributed by atoms with Crippen molar-refractivity contribution < 1.29 is 4.79 Å². The van der Waals surface area contributed by atoms with Crippen LogP contribution in [0, 0.1) is 0 Å². The Kier molecular flexibility index (Phi) is 4.93. The molecule has 0 radical (unpaired) electrons. The molecule has 0 N–H and O–H groups in total. The lowest BCUT2D eigenvalue weighted by Gasteiger charge is -2.34. The van der Waals surface area contributed by atoms with Crippen LogP contribution in [0.1, 0.15) is 36.0 Å². The number of aromatic nitrogens is 1. The molecule has 0 aliphatic carbocycles. The molecule has 1 amide bonds. The van der Waals surface area contributed by atoms with E-state index >= 15 is 0 Å². The first-order chi connectivity index (χ1) is 12.8. The number of anilines is 1. The number of benzene rings is 2. The number of hydrogen-bond donors (Lipinski definition) is 0. The molecule has 0 bridgehead atoms. The van der Waals surface area contributed by atoms with E-state index in [1.807, 2.05) is 65.8 Å². The van der Waals surface area contributed by atoms with E-state index in [9.17, 15) is 4.79 Å². The Balaban J connectivity index is 1.76. The van der Waals surface area contributed by atoms with Gasteiger partial charge in [0.2, 0.25) is 0 Å². The molecule has 2 heterocycles. The smallest absolute Gasteiger partial charge is 0.267 e. The normalized spacial score (nSPS) is 15.5. The van der Waals surface area contributed by atoms with Gasteiger partial charge in [-0.3, -0.25) is 9.78 Å². The summed E-state index contributed by atoms with van der Waals surface area (Å²) in [4.78, 5) is 17.9. The van der Waals surface area contributed by atoms with E-state index in [-0.39, 0.29) is 5.91 Å². The zero-order valence-corrected chi connectivity index (χ0v) is 14.8. The molecule has 1 aliphatic heterocycles. The Bertz CT molecular complexity index is 886. The second-order valence-corrected chi connectivity index (χ2v) is 6.74. The predicted octanol–water partition coefficient (Wildman–Crippen LogP) is 4.67. The topological polar surface area (TPSA) is 36.4 Å². The second kappa shape index (κ2) is 7.67. The molecule has 0 saturated carbocycles. The Labute approximate surface area is 154 Å². The molecular formula is C22H23N3O. The lowest BCUT2D eigenvalue weighted by molar-refractivity contribution is 0.0896. The minimum absolute atomic E-state index is 0.00424. The van der Waals surface area contributed by atoms with Crippen molar-refractivity contribution in [3.63, 3.8) is 0 Å². The zero-order valence-electron chi connectivity index (χ0n) is 14.8. The van der Waals surface area contributed by atoms with Crippen molar-refractivity contribution in [3.05, 3.63) is 72.4 Å². The monoisotopic (exact) mass is 345 g/mol. The van der Waals surface area contributed by atoms with Crippen LogP contribution in [0.4, 0.5) is 5.69 Å². The molecule has 4 rings (SSSR count). The number of amides is 1. The summed E-state index contributed by atoms with van der Waals surface area (Å²) in [6.45, 7) is 1.79. The van der Waals surface area contributed by atoms with E-state index in [0.29, 0.717) is 5.56 Å².